The third-order valence-electron chi connectivity index (χ3n) is 4.09. The average molecular weight is 324 g/mol. The first-order valence-corrected chi connectivity index (χ1v) is 9.09. The SMILES string of the molecule is O=C1C[C@H](C2(c3ccc4c(c3)OCO4)SCCCS2)CO1. The first kappa shape index (κ1) is 13.6. The summed E-state index contributed by atoms with van der Waals surface area (Å²) < 4.78 is 16.1. The molecular weight excluding hydrogens is 308 g/mol. The Balaban J connectivity index is 1.73. The van der Waals surface area contributed by atoms with Crippen molar-refractivity contribution in [1.82, 2.24) is 0 Å². The van der Waals surface area contributed by atoms with E-state index >= 15 is 0 Å². The fourth-order valence-corrected chi connectivity index (χ4v) is 6.62. The second-order valence-corrected chi connectivity index (χ2v) is 8.31. The summed E-state index contributed by atoms with van der Waals surface area (Å²) in [6.07, 6.45) is 1.72. The van der Waals surface area contributed by atoms with Gasteiger partial charge in [-0.3, -0.25) is 4.79 Å². The standard InChI is InChI=1S/C15H16O4S2/c16-14-7-11(8-17-14)15(20-4-1-5-21-15)10-2-3-12-13(6-10)19-9-18-12/h2-3,6,11H,1,4-5,7-9H2/t11-/m0/s1. The summed E-state index contributed by atoms with van der Waals surface area (Å²) in [6, 6.07) is 6.17. The van der Waals surface area contributed by atoms with Gasteiger partial charge in [-0.15, -0.1) is 23.5 Å². The van der Waals surface area contributed by atoms with E-state index in [0.717, 1.165) is 23.0 Å². The van der Waals surface area contributed by atoms with E-state index in [1.54, 1.807) is 0 Å². The maximum Gasteiger partial charge on any atom is 0.306 e. The zero-order chi connectivity index (χ0) is 14.3. The van der Waals surface area contributed by atoms with Crippen molar-refractivity contribution in [3.05, 3.63) is 23.8 Å². The largest absolute Gasteiger partial charge is 0.465 e. The number of esters is 1. The minimum atomic E-state index is -0.106. The van der Waals surface area contributed by atoms with Crippen LogP contribution in [0.4, 0.5) is 0 Å². The highest BCUT2D eigenvalue weighted by atomic mass is 32.2. The van der Waals surface area contributed by atoms with Crippen molar-refractivity contribution in [3.8, 4) is 11.5 Å². The van der Waals surface area contributed by atoms with Gasteiger partial charge in [0.25, 0.3) is 0 Å². The van der Waals surface area contributed by atoms with Gasteiger partial charge in [-0.2, -0.15) is 0 Å². The quantitative estimate of drug-likeness (QED) is 0.779. The molecule has 2 fully saturated rings. The fourth-order valence-electron chi connectivity index (χ4n) is 3.06. The van der Waals surface area contributed by atoms with Gasteiger partial charge < -0.3 is 14.2 Å². The first-order valence-electron chi connectivity index (χ1n) is 7.11. The number of ether oxygens (including phenoxy) is 3. The molecule has 3 aliphatic rings. The lowest BCUT2D eigenvalue weighted by Crippen LogP contribution is -2.32. The molecule has 0 aliphatic carbocycles. The molecule has 0 aromatic heterocycles. The zero-order valence-corrected chi connectivity index (χ0v) is 13.1. The Labute approximate surface area is 131 Å². The molecule has 1 atom stereocenters. The normalized spacial score (nSPS) is 26.7. The molecule has 1 aromatic carbocycles. The average Bonchev–Trinajstić information content (AvgIpc) is 3.16. The van der Waals surface area contributed by atoms with Gasteiger partial charge in [0.2, 0.25) is 6.79 Å². The molecule has 4 nitrogen and oxygen atoms in total. The molecule has 4 rings (SSSR count). The van der Waals surface area contributed by atoms with Crippen molar-refractivity contribution in [2.45, 2.75) is 16.9 Å². The van der Waals surface area contributed by atoms with Crippen LogP contribution >= 0.6 is 23.5 Å². The van der Waals surface area contributed by atoms with Crippen molar-refractivity contribution in [3.63, 3.8) is 0 Å². The van der Waals surface area contributed by atoms with Gasteiger partial charge in [0.1, 0.15) is 0 Å². The number of benzene rings is 1. The molecule has 0 N–H and O–H groups in total. The zero-order valence-electron chi connectivity index (χ0n) is 11.5. The Morgan fingerprint density at radius 1 is 1.10 bits per heavy atom. The second-order valence-electron chi connectivity index (χ2n) is 5.37. The number of hydrogen-bond donors (Lipinski definition) is 0. The van der Waals surface area contributed by atoms with Crippen LogP contribution in [0.3, 0.4) is 0 Å². The fraction of sp³-hybridized carbons (Fsp3) is 0.533. The summed E-state index contributed by atoms with van der Waals surface area (Å²) in [4.78, 5) is 11.6. The molecule has 3 heterocycles. The number of hydrogen-bond acceptors (Lipinski definition) is 6. The summed E-state index contributed by atoms with van der Waals surface area (Å²) in [7, 11) is 0. The van der Waals surface area contributed by atoms with E-state index in [4.69, 9.17) is 14.2 Å². The predicted octanol–water partition coefficient (Wildman–Crippen LogP) is 3.00. The van der Waals surface area contributed by atoms with Gasteiger partial charge in [-0.1, -0.05) is 6.07 Å². The number of carbonyl (C=O) groups excluding carboxylic acids is 1. The maximum absolute atomic E-state index is 11.6. The van der Waals surface area contributed by atoms with E-state index in [-0.39, 0.29) is 22.8 Å². The summed E-state index contributed by atoms with van der Waals surface area (Å²) in [6.45, 7) is 0.810. The Kier molecular flexibility index (Phi) is 3.46. The molecular formula is C15H16O4S2. The van der Waals surface area contributed by atoms with Crippen LogP contribution in [0, 0.1) is 5.92 Å². The molecule has 21 heavy (non-hydrogen) atoms. The Morgan fingerprint density at radius 3 is 2.67 bits per heavy atom. The summed E-state index contributed by atoms with van der Waals surface area (Å²) in [5.74, 6) is 3.99. The first-order chi connectivity index (χ1) is 10.3. The molecule has 1 aromatic rings. The molecule has 3 aliphatic heterocycles. The minimum Gasteiger partial charge on any atom is -0.465 e. The summed E-state index contributed by atoms with van der Waals surface area (Å²) in [5.41, 5.74) is 1.21. The van der Waals surface area contributed by atoms with Crippen LogP contribution < -0.4 is 9.47 Å². The lowest BCUT2D eigenvalue weighted by molar-refractivity contribution is -0.137. The van der Waals surface area contributed by atoms with E-state index in [9.17, 15) is 4.79 Å². The number of fused-ring (bicyclic) bond motifs is 1. The molecule has 0 unspecified atom stereocenters. The molecule has 0 bridgehead atoms. The molecule has 0 saturated carbocycles. The molecule has 2 saturated heterocycles. The van der Waals surface area contributed by atoms with Crippen LogP contribution in [0.5, 0.6) is 11.5 Å². The summed E-state index contributed by atoms with van der Waals surface area (Å²) in [5, 5.41) is 0. The lowest BCUT2D eigenvalue weighted by atomic mass is 9.96. The highest BCUT2D eigenvalue weighted by Crippen LogP contribution is 2.58. The second kappa shape index (κ2) is 5.32. The highest BCUT2D eigenvalue weighted by Gasteiger charge is 2.47. The van der Waals surface area contributed by atoms with Crippen LogP contribution in [0.1, 0.15) is 18.4 Å². The summed E-state index contributed by atoms with van der Waals surface area (Å²) >= 11 is 3.89. The van der Waals surface area contributed by atoms with Gasteiger partial charge in [-0.25, -0.2) is 0 Å². The monoisotopic (exact) mass is 324 g/mol. The van der Waals surface area contributed by atoms with Crippen LogP contribution in [0.25, 0.3) is 0 Å². The van der Waals surface area contributed by atoms with Crippen molar-refractivity contribution < 1.29 is 19.0 Å². The lowest BCUT2D eigenvalue weighted by Gasteiger charge is -2.40. The number of cyclic esters (lactones) is 1. The van der Waals surface area contributed by atoms with Gasteiger partial charge in [0.15, 0.2) is 11.5 Å². The molecule has 112 valence electrons. The van der Waals surface area contributed by atoms with Crippen molar-refractivity contribution in [1.29, 1.82) is 0 Å². The molecule has 0 spiro atoms. The molecule has 0 radical (unpaired) electrons. The predicted molar refractivity (Wildman–Crippen MR) is 82.8 cm³/mol. The van der Waals surface area contributed by atoms with E-state index in [2.05, 4.69) is 12.1 Å². The number of rotatable bonds is 2. The van der Waals surface area contributed by atoms with Gasteiger partial charge >= 0.3 is 5.97 Å². The van der Waals surface area contributed by atoms with Crippen molar-refractivity contribution in [2.24, 2.45) is 5.92 Å². The van der Waals surface area contributed by atoms with Gasteiger partial charge in [-0.05, 0) is 35.6 Å². The third-order valence-corrected chi connectivity index (χ3v) is 7.78. The maximum atomic E-state index is 11.6. The van der Waals surface area contributed by atoms with E-state index in [0.29, 0.717) is 13.0 Å². The van der Waals surface area contributed by atoms with E-state index in [1.807, 2.05) is 29.6 Å². The highest BCUT2D eigenvalue weighted by molar-refractivity contribution is 8.18. The van der Waals surface area contributed by atoms with Crippen molar-refractivity contribution in [2.75, 3.05) is 24.9 Å². The van der Waals surface area contributed by atoms with Crippen LogP contribution in [0.2, 0.25) is 0 Å². The van der Waals surface area contributed by atoms with E-state index < -0.39 is 0 Å². The van der Waals surface area contributed by atoms with Gasteiger partial charge in [0, 0.05) is 5.92 Å². The number of thioether (sulfide) groups is 2. The van der Waals surface area contributed by atoms with Gasteiger partial charge in [0.05, 0.1) is 17.1 Å². The third kappa shape index (κ3) is 2.28. The number of carbonyl (C=O) groups is 1. The van der Waals surface area contributed by atoms with Crippen LogP contribution in [-0.2, 0) is 13.6 Å². The smallest absolute Gasteiger partial charge is 0.306 e. The van der Waals surface area contributed by atoms with Crippen LogP contribution in [0.15, 0.2) is 18.2 Å². The molecule has 0 amide bonds. The van der Waals surface area contributed by atoms with Crippen molar-refractivity contribution >= 4 is 29.5 Å². The Hall–Kier alpha value is -1.01. The van der Waals surface area contributed by atoms with Crippen LogP contribution in [-0.4, -0.2) is 30.9 Å². The Morgan fingerprint density at radius 2 is 1.90 bits per heavy atom. The molecule has 6 heteroatoms. The minimum absolute atomic E-state index is 0.0770. The topological polar surface area (TPSA) is 44.8 Å². The Bertz CT molecular complexity index is 569. The van der Waals surface area contributed by atoms with E-state index in [1.165, 1.54) is 12.0 Å².